The molecule has 0 aliphatic carbocycles. The number of amides is 2. The number of anilines is 1. The van der Waals surface area contributed by atoms with Crippen molar-refractivity contribution in [3.05, 3.63) is 83.1 Å². The summed E-state index contributed by atoms with van der Waals surface area (Å²) >= 11 is 7.15. The minimum atomic E-state index is -0.741. The molecule has 37 heavy (non-hydrogen) atoms. The summed E-state index contributed by atoms with van der Waals surface area (Å²) in [4.78, 5) is 32.2. The van der Waals surface area contributed by atoms with E-state index in [4.69, 9.17) is 21.1 Å². The van der Waals surface area contributed by atoms with E-state index < -0.39 is 11.1 Å². The molecular formula is C27H25ClFN3O4S. The van der Waals surface area contributed by atoms with Crippen molar-refractivity contribution >= 4 is 51.7 Å². The third-order valence-corrected chi connectivity index (χ3v) is 7.09. The predicted molar refractivity (Wildman–Crippen MR) is 145 cm³/mol. The first-order valence-corrected chi connectivity index (χ1v) is 12.7. The summed E-state index contributed by atoms with van der Waals surface area (Å²) in [6, 6.07) is 18.3. The van der Waals surface area contributed by atoms with Crippen molar-refractivity contribution in [2.24, 2.45) is 4.99 Å². The Balaban J connectivity index is 1.57. The number of halogens is 2. The second-order valence-corrected chi connectivity index (χ2v) is 9.75. The van der Waals surface area contributed by atoms with Gasteiger partial charge in [0.2, 0.25) is 11.8 Å². The van der Waals surface area contributed by atoms with Gasteiger partial charge < -0.3 is 14.8 Å². The van der Waals surface area contributed by atoms with Crippen molar-refractivity contribution in [1.29, 1.82) is 0 Å². The van der Waals surface area contributed by atoms with Crippen molar-refractivity contribution in [2.75, 3.05) is 26.1 Å². The summed E-state index contributed by atoms with van der Waals surface area (Å²) in [5, 5.41) is 2.79. The summed E-state index contributed by atoms with van der Waals surface area (Å²) in [5.74, 6) is 0.0268. The van der Waals surface area contributed by atoms with Gasteiger partial charge in [0.05, 0.1) is 14.2 Å². The maximum absolute atomic E-state index is 14.4. The Kier molecular flexibility index (Phi) is 8.68. The molecule has 0 unspecified atom stereocenters. The standard InChI is InChI=1S/C27H25ClFN3O4S/c1-35-22-11-10-17(14-23(22)36-2)12-13-32-25(33)16-24(26(34)30-19-7-5-6-18(28)15-19)37-27(32)31-21-9-4-3-8-20(21)29/h3-11,14-15,24H,12-13,16H2,1-2H3,(H,30,34)/t24-/m0/s1. The highest BCUT2D eigenvalue weighted by molar-refractivity contribution is 8.15. The number of para-hydroxylation sites is 1. The molecule has 1 aliphatic heterocycles. The van der Waals surface area contributed by atoms with Gasteiger partial charge in [-0.15, -0.1) is 0 Å². The number of hydrogen-bond donors (Lipinski definition) is 1. The molecule has 1 N–H and O–H groups in total. The molecule has 3 aromatic rings. The van der Waals surface area contributed by atoms with Gasteiger partial charge in [0, 0.05) is 23.7 Å². The first-order valence-electron chi connectivity index (χ1n) is 11.5. The largest absolute Gasteiger partial charge is 0.493 e. The number of carbonyl (C=O) groups is 2. The number of aliphatic imine (C=N–C) groups is 1. The highest BCUT2D eigenvalue weighted by Crippen LogP contribution is 2.32. The maximum atomic E-state index is 14.4. The fourth-order valence-electron chi connectivity index (χ4n) is 3.77. The molecule has 0 saturated carbocycles. The van der Waals surface area contributed by atoms with E-state index in [9.17, 15) is 14.0 Å². The number of ether oxygens (including phenoxy) is 2. The van der Waals surface area contributed by atoms with Crippen LogP contribution in [0, 0.1) is 5.82 Å². The Hall–Kier alpha value is -3.56. The topological polar surface area (TPSA) is 80.2 Å². The van der Waals surface area contributed by atoms with Gasteiger partial charge in [0.1, 0.15) is 16.8 Å². The Morgan fingerprint density at radius 3 is 2.62 bits per heavy atom. The summed E-state index contributed by atoms with van der Waals surface area (Å²) in [5.41, 5.74) is 1.53. The number of carbonyl (C=O) groups excluding carboxylic acids is 2. The minimum absolute atomic E-state index is 0.0285. The van der Waals surface area contributed by atoms with E-state index in [0.29, 0.717) is 28.6 Å². The molecule has 0 spiro atoms. The van der Waals surface area contributed by atoms with Crippen LogP contribution in [-0.4, -0.2) is 47.9 Å². The van der Waals surface area contributed by atoms with E-state index in [1.165, 1.54) is 17.0 Å². The van der Waals surface area contributed by atoms with Crippen molar-refractivity contribution in [1.82, 2.24) is 4.90 Å². The number of rotatable bonds is 8. The van der Waals surface area contributed by atoms with Crippen LogP contribution in [0.25, 0.3) is 0 Å². The normalized spacial score (nSPS) is 16.5. The molecule has 192 valence electrons. The number of benzene rings is 3. The van der Waals surface area contributed by atoms with E-state index in [1.54, 1.807) is 56.7 Å². The molecule has 1 fully saturated rings. The monoisotopic (exact) mass is 541 g/mol. The lowest BCUT2D eigenvalue weighted by molar-refractivity contribution is -0.129. The minimum Gasteiger partial charge on any atom is -0.493 e. The molecule has 1 saturated heterocycles. The summed E-state index contributed by atoms with van der Waals surface area (Å²) in [6.07, 6.45) is 0.460. The van der Waals surface area contributed by atoms with Gasteiger partial charge in [-0.05, 0) is 54.4 Å². The van der Waals surface area contributed by atoms with E-state index >= 15 is 0 Å². The van der Waals surface area contributed by atoms with Gasteiger partial charge in [-0.3, -0.25) is 14.5 Å². The van der Waals surface area contributed by atoms with Crippen LogP contribution in [0.5, 0.6) is 11.5 Å². The number of amidine groups is 1. The molecule has 0 aromatic heterocycles. The molecule has 10 heteroatoms. The Labute approximate surface area is 223 Å². The fraction of sp³-hybridized carbons (Fsp3) is 0.222. The number of hydrogen-bond acceptors (Lipinski definition) is 6. The van der Waals surface area contributed by atoms with Gasteiger partial charge >= 0.3 is 0 Å². The summed E-state index contributed by atoms with van der Waals surface area (Å²) in [7, 11) is 3.12. The quantitative estimate of drug-likeness (QED) is 0.396. The number of methoxy groups -OCH3 is 2. The van der Waals surface area contributed by atoms with Gasteiger partial charge in [0.25, 0.3) is 0 Å². The van der Waals surface area contributed by atoms with E-state index in [2.05, 4.69) is 10.3 Å². The van der Waals surface area contributed by atoms with Crippen LogP contribution in [0.3, 0.4) is 0 Å². The van der Waals surface area contributed by atoms with Crippen molar-refractivity contribution in [3.8, 4) is 11.5 Å². The molecular weight excluding hydrogens is 517 g/mol. The molecule has 4 rings (SSSR count). The van der Waals surface area contributed by atoms with Crippen LogP contribution in [0.4, 0.5) is 15.8 Å². The average molecular weight is 542 g/mol. The smallest absolute Gasteiger partial charge is 0.238 e. The fourth-order valence-corrected chi connectivity index (χ4v) is 5.08. The maximum Gasteiger partial charge on any atom is 0.238 e. The first-order chi connectivity index (χ1) is 17.9. The molecule has 1 aliphatic rings. The highest BCUT2D eigenvalue weighted by Gasteiger charge is 2.36. The predicted octanol–water partition coefficient (Wildman–Crippen LogP) is 5.70. The lowest BCUT2D eigenvalue weighted by Crippen LogP contribution is -2.46. The van der Waals surface area contributed by atoms with Crippen LogP contribution in [0.2, 0.25) is 5.02 Å². The Bertz CT molecular complexity index is 1340. The zero-order valence-corrected chi connectivity index (χ0v) is 21.8. The summed E-state index contributed by atoms with van der Waals surface area (Å²) < 4.78 is 25.1. The molecule has 0 radical (unpaired) electrons. The van der Waals surface area contributed by atoms with Crippen LogP contribution in [-0.2, 0) is 16.0 Å². The van der Waals surface area contributed by atoms with Gasteiger partial charge in [-0.25, -0.2) is 9.38 Å². The zero-order valence-electron chi connectivity index (χ0n) is 20.2. The van der Waals surface area contributed by atoms with Crippen LogP contribution < -0.4 is 14.8 Å². The third kappa shape index (κ3) is 6.61. The van der Waals surface area contributed by atoms with Crippen molar-refractivity contribution in [2.45, 2.75) is 18.1 Å². The van der Waals surface area contributed by atoms with Gasteiger partial charge in [0.15, 0.2) is 16.7 Å². The molecule has 1 atom stereocenters. The lowest BCUT2D eigenvalue weighted by atomic mass is 10.1. The molecule has 7 nitrogen and oxygen atoms in total. The van der Waals surface area contributed by atoms with Gasteiger partial charge in [-0.2, -0.15) is 0 Å². The first kappa shape index (κ1) is 26.5. The molecule has 1 heterocycles. The molecule has 0 bridgehead atoms. The zero-order chi connectivity index (χ0) is 26.4. The van der Waals surface area contributed by atoms with E-state index in [-0.39, 0.29) is 35.6 Å². The number of thioether (sulfide) groups is 1. The lowest BCUT2D eigenvalue weighted by Gasteiger charge is -2.32. The third-order valence-electron chi connectivity index (χ3n) is 5.66. The Morgan fingerprint density at radius 1 is 1.11 bits per heavy atom. The summed E-state index contributed by atoms with van der Waals surface area (Å²) in [6.45, 7) is 0.289. The highest BCUT2D eigenvalue weighted by atomic mass is 35.5. The second kappa shape index (κ2) is 12.1. The van der Waals surface area contributed by atoms with Gasteiger partial charge in [-0.1, -0.05) is 47.6 Å². The second-order valence-electron chi connectivity index (χ2n) is 8.14. The van der Waals surface area contributed by atoms with E-state index in [1.807, 2.05) is 12.1 Å². The molecule has 2 amide bonds. The Morgan fingerprint density at radius 2 is 1.89 bits per heavy atom. The van der Waals surface area contributed by atoms with E-state index in [0.717, 1.165) is 17.3 Å². The number of nitrogens with zero attached hydrogens (tertiary/aromatic N) is 2. The molecule has 3 aromatic carbocycles. The SMILES string of the molecule is COc1ccc(CCN2C(=O)C[C@@H](C(=O)Nc3cccc(Cl)c3)SC2=Nc2ccccc2F)cc1OC. The number of nitrogens with one attached hydrogen (secondary N) is 1. The van der Waals surface area contributed by atoms with Crippen LogP contribution >= 0.6 is 23.4 Å². The average Bonchev–Trinajstić information content (AvgIpc) is 2.89. The van der Waals surface area contributed by atoms with Crippen molar-refractivity contribution < 1.29 is 23.5 Å². The van der Waals surface area contributed by atoms with Crippen LogP contribution in [0.1, 0.15) is 12.0 Å². The van der Waals surface area contributed by atoms with Crippen LogP contribution in [0.15, 0.2) is 71.7 Å². The van der Waals surface area contributed by atoms with Crippen molar-refractivity contribution in [3.63, 3.8) is 0 Å².